The van der Waals surface area contributed by atoms with Gasteiger partial charge in [-0.1, -0.05) is 17.7 Å². The van der Waals surface area contributed by atoms with Gasteiger partial charge in [-0.3, -0.25) is 14.5 Å². The minimum Gasteiger partial charge on any atom is -0.503 e. The van der Waals surface area contributed by atoms with Gasteiger partial charge in [-0.05, 0) is 54.1 Å². The van der Waals surface area contributed by atoms with E-state index >= 15 is 0 Å². The number of halogens is 1. The van der Waals surface area contributed by atoms with Gasteiger partial charge in [0.1, 0.15) is 0 Å². The molecule has 0 spiro atoms. The van der Waals surface area contributed by atoms with Crippen molar-refractivity contribution < 1.29 is 33.3 Å². The number of ether oxygens (including phenoxy) is 3. The standard InChI is InChI=1S/C29H21ClN2O7/c1-36-20-9-6-16(11-21(20)37-2)25-24(27(34)29(35)32(25)19-7-4-15(14-31)5-8-19)26(33)22-12-17-10-18(30)13-23(38-3)28(17)39-22/h4-13,25,34H,1-3H3. The number of nitriles is 1. The fourth-order valence-corrected chi connectivity index (χ4v) is 4.84. The average molecular weight is 545 g/mol. The lowest BCUT2D eigenvalue weighted by Gasteiger charge is -2.27. The van der Waals surface area contributed by atoms with Crippen molar-refractivity contribution in [1.82, 2.24) is 0 Å². The molecule has 1 aliphatic rings. The van der Waals surface area contributed by atoms with E-state index in [1.807, 2.05) is 6.07 Å². The molecule has 0 aliphatic carbocycles. The number of aliphatic hydroxyl groups excluding tert-OH is 1. The first-order valence-corrected chi connectivity index (χ1v) is 12.0. The molecular formula is C29H21ClN2O7. The van der Waals surface area contributed by atoms with E-state index in [-0.39, 0.29) is 11.3 Å². The van der Waals surface area contributed by atoms with E-state index in [2.05, 4.69) is 0 Å². The summed E-state index contributed by atoms with van der Waals surface area (Å²) in [6, 6.07) is 16.8. The minimum atomic E-state index is -1.06. The quantitative estimate of drug-likeness (QED) is 0.291. The van der Waals surface area contributed by atoms with Crippen LogP contribution >= 0.6 is 11.6 Å². The number of aliphatic hydroxyl groups is 1. The number of nitrogens with zero attached hydrogens (tertiary/aromatic N) is 2. The van der Waals surface area contributed by atoms with E-state index in [9.17, 15) is 20.0 Å². The molecule has 1 aromatic heterocycles. The van der Waals surface area contributed by atoms with Gasteiger partial charge < -0.3 is 23.7 Å². The fourth-order valence-electron chi connectivity index (χ4n) is 4.62. The molecule has 1 unspecified atom stereocenters. The second-order valence-corrected chi connectivity index (χ2v) is 9.02. The lowest BCUT2D eigenvalue weighted by Crippen LogP contribution is -2.31. The number of Topliss-reactive ketones (excluding diaryl/α,β-unsaturated/α-hetero) is 1. The molecule has 196 valence electrons. The SMILES string of the molecule is COc1ccc(C2C(C(=O)c3cc4cc(Cl)cc(OC)c4o3)=C(O)C(=O)N2c2ccc(C#N)cc2)cc1OC. The van der Waals surface area contributed by atoms with Crippen LogP contribution in [0.25, 0.3) is 11.0 Å². The lowest BCUT2D eigenvalue weighted by atomic mass is 9.94. The first-order chi connectivity index (χ1) is 18.8. The molecule has 0 bridgehead atoms. The molecule has 0 fully saturated rings. The highest BCUT2D eigenvalue weighted by Crippen LogP contribution is 2.44. The maximum absolute atomic E-state index is 13.9. The molecule has 4 aromatic rings. The normalized spacial score (nSPS) is 15.0. The zero-order chi connectivity index (χ0) is 27.8. The second kappa shape index (κ2) is 10.1. The van der Waals surface area contributed by atoms with Crippen LogP contribution in [-0.4, -0.2) is 38.1 Å². The summed E-state index contributed by atoms with van der Waals surface area (Å²) >= 11 is 6.18. The third-order valence-corrected chi connectivity index (χ3v) is 6.66. The molecule has 5 rings (SSSR count). The summed E-state index contributed by atoms with van der Waals surface area (Å²) in [5, 5.41) is 21.2. The number of rotatable bonds is 7. The Hall–Kier alpha value is -4.94. The molecule has 3 aromatic carbocycles. The average Bonchev–Trinajstić information content (AvgIpc) is 3.50. The molecule has 0 saturated heterocycles. The highest BCUT2D eigenvalue weighted by Gasteiger charge is 2.45. The van der Waals surface area contributed by atoms with Crippen molar-refractivity contribution in [2.45, 2.75) is 6.04 Å². The second-order valence-electron chi connectivity index (χ2n) is 8.58. The van der Waals surface area contributed by atoms with E-state index < -0.39 is 23.5 Å². The molecule has 39 heavy (non-hydrogen) atoms. The number of fused-ring (bicyclic) bond motifs is 1. The van der Waals surface area contributed by atoms with Crippen LogP contribution in [0.5, 0.6) is 17.2 Å². The Morgan fingerprint density at radius 1 is 0.974 bits per heavy atom. The van der Waals surface area contributed by atoms with Gasteiger partial charge in [0.15, 0.2) is 34.4 Å². The largest absolute Gasteiger partial charge is 0.503 e. The van der Waals surface area contributed by atoms with Gasteiger partial charge in [-0.15, -0.1) is 0 Å². The summed E-state index contributed by atoms with van der Waals surface area (Å²) in [6.07, 6.45) is 0. The number of ketones is 1. The predicted molar refractivity (Wildman–Crippen MR) is 143 cm³/mol. The number of amides is 1. The van der Waals surface area contributed by atoms with Gasteiger partial charge in [0, 0.05) is 22.2 Å². The molecule has 1 aliphatic heterocycles. The molecule has 1 amide bonds. The molecule has 1 atom stereocenters. The topological polar surface area (TPSA) is 122 Å². The Morgan fingerprint density at radius 2 is 1.67 bits per heavy atom. The van der Waals surface area contributed by atoms with Gasteiger partial charge >= 0.3 is 0 Å². The molecule has 2 heterocycles. The number of methoxy groups -OCH3 is 3. The summed E-state index contributed by atoms with van der Waals surface area (Å²) in [6.45, 7) is 0. The molecule has 0 saturated carbocycles. The fraction of sp³-hybridized carbons (Fsp3) is 0.138. The van der Waals surface area contributed by atoms with Crippen molar-refractivity contribution in [3.8, 4) is 23.3 Å². The van der Waals surface area contributed by atoms with Crippen LogP contribution in [0.2, 0.25) is 5.02 Å². The molecule has 9 nitrogen and oxygen atoms in total. The smallest absolute Gasteiger partial charge is 0.294 e. The van der Waals surface area contributed by atoms with Gasteiger partial charge in [-0.25, -0.2) is 0 Å². The van der Waals surface area contributed by atoms with Crippen LogP contribution in [-0.2, 0) is 4.79 Å². The Bertz CT molecular complexity index is 1700. The number of furan rings is 1. The molecule has 1 N–H and O–H groups in total. The third kappa shape index (κ3) is 4.31. The highest BCUT2D eigenvalue weighted by atomic mass is 35.5. The highest BCUT2D eigenvalue weighted by molar-refractivity contribution is 6.31. The Kier molecular flexibility index (Phi) is 6.64. The number of carbonyl (C=O) groups is 2. The maximum atomic E-state index is 13.9. The number of hydrogen-bond donors (Lipinski definition) is 1. The van der Waals surface area contributed by atoms with Crippen LogP contribution < -0.4 is 19.1 Å². The number of hydrogen-bond acceptors (Lipinski definition) is 8. The zero-order valence-corrected chi connectivity index (χ0v) is 21.8. The van der Waals surface area contributed by atoms with Gasteiger partial charge in [0.2, 0.25) is 5.78 Å². The van der Waals surface area contributed by atoms with Crippen LogP contribution in [0.4, 0.5) is 5.69 Å². The zero-order valence-electron chi connectivity index (χ0n) is 21.0. The lowest BCUT2D eigenvalue weighted by molar-refractivity contribution is -0.117. The van der Waals surface area contributed by atoms with Crippen molar-refractivity contribution in [3.63, 3.8) is 0 Å². The summed E-state index contributed by atoms with van der Waals surface area (Å²) in [5.74, 6) is -1.21. The van der Waals surface area contributed by atoms with E-state index in [1.165, 1.54) is 32.3 Å². The van der Waals surface area contributed by atoms with Crippen molar-refractivity contribution in [2.24, 2.45) is 0 Å². The first kappa shape index (κ1) is 25.7. The molecular weight excluding hydrogens is 524 g/mol. The van der Waals surface area contributed by atoms with E-state index in [1.54, 1.807) is 54.6 Å². The van der Waals surface area contributed by atoms with E-state index in [0.29, 0.717) is 50.1 Å². The Morgan fingerprint density at radius 3 is 2.31 bits per heavy atom. The van der Waals surface area contributed by atoms with E-state index in [0.717, 1.165) is 0 Å². The first-order valence-electron chi connectivity index (χ1n) is 11.6. The monoisotopic (exact) mass is 544 g/mol. The summed E-state index contributed by atoms with van der Waals surface area (Å²) in [7, 11) is 4.40. The van der Waals surface area contributed by atoms with E-state index in [4.69, 9.17) is 30.2 Å². The van der Waals surface area contributed by atoms with Crippen molar-refractivity contribution in [3.05, 3.63) is 93.9 Å². The third-order valence-electron chi connectivity index (χ3n) is 6.44. The summed E-state index contributed by atoms with van der Waals surface area (Å²) < 4.78 is 22.0. The Balaban J connectivity index is 1.68. The summed E-state index contributed by atoms with van der Waals surface area (Å²) in [5.41, 5.74) is 1.32. The summed E-state index contributed by atoms with van der Waals surface area (Å²) in [4.78, 5) is 28.7. The number of anilines is 1. The van der Waals surface area contributed by atoms with Crippen LogP contribution in [0.1, 0.15) is 27.7 Å². The molecule has 0 radical (unpaired) electrons. The predicted octanol–water partition coefficient (Wildman–Crippen LogP) is 5.77. The van der Waals surface area contributed by atoms with Gasteiger partial charge in [0.25, 0.3) is 5.91 Å². The van der Waals surface area contributed by atoms with Gasteiger partial charge in [0.05, 0.1) is 44.6 Å². The van der Waals surface area contributed by atoms with Crippen LogP contribution in [0, 0.1) is 11.3 Å². The van der Waals surface area contributed by atoms with Gasteiger partial charge in [-0.2, -0.15) is 5.26 Å². The maximum Gasteiger partial charge on any atom is 0.294 e. The Labute approximate surface area is 228 Å². The van der Waals surface area contributed by atoms with Crippen molar-refractivity contribution >= 4 is 39.9 Å². The van der Waals surface area contributed by atoms with Crippen LogP contribution in [0.3, 0.4) is 0 Å². The number of benzene rings is 3. The minimum absolute atomic E-state index is 0.118. The van der Waals surface area contributed by atoms with Crippen molar-refractivity contribution in [2.75, 3.05) is 26.2 Å². The molecule has 10 heteroatoms. The number of carbonyl (C=O) groups excluding carboxylic acids is 2. The van der Waals surface area contributed by atoms with Crippen LogP contribution in [0.15, 0.2) is 76.4 Å². The van der Waals surface area contributed by atoms with Crippen molar-refractivity contribution in [1.29, 1.82) is 5.26 Å².